The zero-order valence-electron chi connectivity index (χ0n) is 19.3. The number of hydrogen-bond donors (Lipinski definition) is 5. The highest BCUT2D eigenvalue weighted by Gasteiger charge is 2.24. The fraction of sp³-hybridized carbons (Fsp3) is 0.240. The van der Waals surface area contributed by atoms with Crippen LogP contribution in [0.2, 0.25) is 0 Å². The Kier molecular flexibility index (Phi) is 12.2. The first-order valence-corrected chi connectivity index (χ1v) is 10.2. The number of carbonyl (C=O) groups excluding carboxylic acids is 3. The van der Waals surface area contributed by atoms with E-state index in [1.807, 2.05) is 14.1 Å². The SMILES string of the molecule is C=C/C(C#CC#Cc1ccc(NC(=O)CN(C)C)cc1)=C\C=C\C(=O)NC(C(=O)NO)[C@@H](C)O. The van der Waals surface area contributed by atoms with Crippen LogP contribution >= 0.6 is 0 Å². The molecule has 0 heterocycles. The van der Waals surface area contributed by atoms with Crippen molar-refractivity contribution in [1.82, 2.24) is 15.7 Å². The average molecular weight is 465 g/mol. The highest BCUT2D eigenvalue weighted by Crippen LogP contribution is 2.08. The van der Waals surface area contributed by atoms with Gasteiger partial charge >= 0.3 is 0 Å². The fourth-order valence-electron chi connectivity index (χ4n) is 2.41. The number of carbonyl (C=O) groups is 3. The predicted octanol–water partition coefficient (Wildman–Crippen LogP) is 0.581. The van der Waals surface area contributed by atoms with Gasteiger partial charge in [-0.1, -0.05) is 30.6 Å². The summed E-state index contributed by atoms with van der Waals surface area (Å²) in [6.45, 7) is 5.24. The first-order chi connectivity index (χ1) is 16.2. The lowest BCUT2D eigenvalue weighted by Crippen LogP contribution is -2.51. The van der Waals surface area contributed by atoms with Crippen LogP contribution in [0.3, 0.4) is 0 Å². The maximum Gasteiger partial charge on any atom is 0.268 e. The third kappa shape index (κ3) is 10.9. The second kappa shape index (κ2) is 14.8. The van der Waals surface area contributed by atoms with Gasteiger partial charge in [-0.3, -0.25) is 19.6 Å². The summed E-state index contributed by atoms with van der Waals surface area (Å²) in [6, 6.07) is 5.74. The largest absolute Gasteiger partial charge is 0.391 e. The van der Waals surface area contributed by atoms with E-state index in [1.54, 1.807) is 29.2 Å². The van der Waals surface area contributed by atoms with Crippen LogP contribution in [-0.2, 0) is 14.4 Å². The van der Waals surface area contributed by atoms with Gasteiger partial charge < -0.3 is 20.6 Å². The quantitative estimate of drug-likeness (QED) is 0.119. The van der Waals surface area contributed by atoms with Crippen LogP contribution in [-0.4, -0.2) is 65.7 Å². The number of benzene rings is 1. The number of aliphatic hydroxyl groups is 1. The van der Waals surface area contributed by atoms with Crippen molar-refractivity contribution >= 4 is 23.4 Å². The first-order valence-electron chi connectivity index (χ1n) is 10.2. The lowest BCUT2D eigenvalue weighted by molar-refractivity contribution is -0.136. The number of amides is 3. The molecule has 9 nitrogen and oxygen atoms in total. The summed E-state index contributed by atoms with van der Waals surface area (Å²) in [5, 5.41) is 23.2. The molecule has 0 aliphatic carbocycles. The molecule has 0 saturated heterocycles. The third-order valence-corrected chi connectivity index (χ3v) is 4.02. The fourth-order valence-corrected chi connectivity index (χ4v) is 2.41. The Morgan fingerprint density at radius 1 is 1.18 bits per heavy atom. The molecular weight excluding hydrogens is 436 g/mol. The number of aliphatic hydroxyl groups excluding tert-OH is 1. The lowest BCUT2D eigenvalue weighted by atomic mass is 10.1. The molecule has 1 rings (SSSR count). The van der Waals surface area contributed by atoms with Gasteiger partial charge in [0.2, 0.25) is 11.8 Å². The van der Waals surface area contributed by atoms with Crippen molar-refractivity contribution in [3.05, 3.63) is 66.3 Å². The first kappa shape index (κ1) is 27.9. The molecule has 0 aromatic heterocycles. The summed E-state index contributed by atoms with van der Waals surface area (Å²) >= 11 is 0. The number of anilines is 1. The minimum absolute atomic E-state index is 0.108. The van der Waals surface area contributed by atoms with Crippen molar-refractivity contribution in [3.8, 4) is 23.7 Å². The van der Waals surface area contributed by atoms with E-state index in [9.17, 15) is 19.5 Å². The number of rotatable bonds is 9. The Balaban J connectivity index is 2.72. The standard InChI is InChI=1S/C25H28N4O5/c1-5-19(11-8-12-22(31)27-24(18(2)30)25(33)28-34)9-6-7-10-20-13-15-21(16-14-20)26-23(32)17-29(3)4/h5,8,11-16,18,24,30,34H,1,17H2,2-4H3,(H,26,32)(H,27,31)(H,28,33)/b12-8+,19-11+/t18-,24?/m1/s1. The van der Waals surface area contributed by atoms with E-state index in [2.05, 4.69) is 40.9 Å². The van der Waals surface area contributed by atoms with Gasteiger partial charge in [0, 0.05) is 22.9 Å². The number of likely N-dealkylation sites (N-methyl/N-ethyl adjacent to an activating group) is 1. The number of nitrogens with one attached hydrogen (secondary N) is 3. The van der Waals surface area contributed by atoms with Crippen molar-refractivity contribution in [2.45, 2.75) is 19.1 Å². The summed E-state index contributed by atoms with van der Waals surface area (Å²) in [7, 11) is 3.63. The van der Waals surface area contributed by atoms with Crippen LogP contribution in [0.4, 0.5) is 5.69 Å². The molecular formula is C25H28N4O5. The van der Waals surface area contributed by atoms with Crippen LogP contribution in [0, 0.1) is 23.7 Å². The minimum Gasteiger partial charge on any atom is -0.391 e. The zero-order chi connectivity index (χ0) is 25.5. The molecule has 2 atom stereocenters. The number of allylic oxidation sites excluding steroid dienone is 4. The molecule has 0 spiro atoms. The molecule has 1 aromatic rings. The van der Waals surface area contributed by atoms with E-state index in [4.69, 9.17) is 5.21 Å². The molecule has 9 heteroatoms. The van der Waals surface area contributed by atoms with Gasteiger partial charge in [-0.05, 0) is 63.2 Å². The second-order valence-electron chi connectivity index (χ2n) is 7.25. The zero-order valence-corrected chi connectivity index (χ0v) is 19.3. The Morgan fingerprint density at radius 3 is 2.41 bits per heavy atom. The molecule has 0 bridgehead atoms. The van der Waals surface area contributed by atoms with Crippen molar-refractivity contribution in [2.24, 2.45) is 0 Å². The summed E-state index contributed by atoms with van der Waals surface area (Å²) < 4.78 is 0. The van der Waals surface area contributed by atoms with Crippen molar-refractivity contribution in [1.29, 1.82) is 0 Å². The molecule has 34 heavy (non-hydrogen) atoms. The molecule has 5 N–H and O–H groups in total. The summed E-state index contributed by atoms with van der Waals surface area (Å²) in [5.74, 6) is 9.39. The van der Waals surface area contributed by atoms with Gasteiger partial charge in [0.1, 0.15) is 6.04 Å². The van der Waals surface area contributed by atoms with E-state index in [0.29, 0.717) is 17.8 Å². The molecule has 0 saturated carbocycles. The molecule has 0 radical (unpaired) electrons. The summed E-state index contributed by atoms with van der Waals surface area (Å²) in [6.07, 6.45) is 4.34. The number of hydrogen-bond acceptors (Lipinski definition) is 6. The van der Waals surface area contributed by atoms with Gasteiger partial charge in [-0.2, -0.15) is 0 Å². The van der Waals surface area contributed by atoms with Gasteiger partial charge in [0.25, 0.3) is 5.91 Å². The van der Waals surface area contributed by atoms with Gasteiger partial charge in [-0.15, -0.1) is 0 Å². The van der Waals surface area contributed by atoms with Crippen molar-refractivity contribution in [3.63, 3.8) is 0 Å². The minimum atomic E-state index is -1.30. The topological polar surface area (TPSA) is 131 Å². The van der Waals surface area contributed by atoms with E-state index in [1.165, 1.54) is 30.6 Å². The predicted molar refractivity (Wildman–Crippen MR) is 129 cm³/mol. The Hall–Kier alpha value is -4.15. The lowest BCUT2D eigenvalue weighted by Gasteiger charge is -2.17. The van der Waals surface area contributed by atoms with E-state index in [0.717, 1.165) is 11.6 Å². The smallest absolute Gasteiger partial charge is 0.268 e. The molecule has 0 fully saturated rings. The van der Waals surface area contributed by atoms with Gasteiger partial charge in [-0.25, -0.2) is 5.48 Å². The highest BCUT2D eigenvalue weighted by atomic mass is 16.5. The molecule has 1 unspecified atom stereocenters. The Morgan fingerprint density at radius 2 is 1.85 bits per heavy atom. The highest BCUT2D eigenvalue weighted by molar-refractivity contribution is 5.93. The third-order valence-electron chi connectivity index (χ3n) is 4.02. The molecule has 3 amide bonds. The molecule has 0 aliphatic rings. The summed E-state index contributed by atoms with van der Waals surface area (Å²) in [5.41, 5.74) is 3.27. The van der Waals surface area contributed by atoms with Crippen LogP contribution in [0.25, 0.3) is 0 Å². The maximum absolute atomic E-state index is 11.9. The normalized spacial score (nSPS) is 12.5. The van der Waals surface area contributed by atoms with Crippen molar-refractivity contribution in [2.75, 3.05) is 26.0 Å². The van der Waals surface area contributed by atoms with Crippen LogP contribution in [0.5, 0.6) is 0 Å². The summed E-state index contributed by atoms with van der Waals surface area (Å²) in [4.78, 5) is 36.8. The van der Waals surface area contributed by atoms with Crippen LogP contribution in [0.15, 0.2) is 60.7 Å². The molecule has 178 valence electrons. The molecule has 1 aromatic carbocycles. The van der Waals surface area contributed by atoms with Crippen LogP contribution < -0.4 is 16.1 Å². The maximum atomic E-state index is 11.9. The number of hydroxylamine groups is 1. The van der Waals surface area contributed by atoms with Crippen molar-refractivity contribution < 1.29 is 24.7 Å². The van der Waals surface area contributed by atoms with E-state index < -0.39 is 24.0 Å². The average Bonchev–Trinajstić information content (AvgIpc) is 2.78. The second-order valence-corrected chi connectivity index (χ2v) is 7.25. The van der Waals surface area contributed by atoms with Gasteiger partial charge in [0.15, 0.2) is 0 Å². The Bertz CT molecular complexity index is 1060. The molecule has 0 aliphatic heterocycles. The number of nitrogens with zero attached hydrogens (tertiary/aromatic N) is 1. The van der Waals surface area contributed by atoms with Gasteiger partial charge in [0.05, 0.1) is 12.6 Å². The Labute approximate surface area is 199 Å². The van der Waals surface area contributed by atoms with E-state index >= 15 is 0 Å². The van der Waals surface area contributed by atoms with E-state index in [-0.39, 0.29) is 5.91 Å². The monoisotopic (exact) mass is 464 g/mol. The van der Waals surface area contributed by atoms with Crippen LogP contribution in [0.1, 0.15) is 12.5 Å².